The number of benzene rings is 1. The van der Waals surface area contributed by atoms with Crippen molar-refractivity contribution in [2.24, 2.45) is 0 Å². The largest absolute Gasteiger partial charge is 0.491 e. The average Bonchev–Trinajstić information content (AvgIpc) is 2.91. The van der Waals surface area contributed by atoms with E-state index >= 15 is 0 Å². The molecule has 42 heavy (non-hydrogen) atoms. The van der Waals surface area contributed by atoms with Crippen molar-refractivity contribution in [3.63, 3.8) is 0 Å². The number of halogens is 1. The molecule has 1 N–H and O–H groups in total. The lowest BCUT2D eigenvalue weighted by Crippen LogP contribution is -2.54. The molecule has 1 aromatic heterocycles. The highest BCUT2D eigenvalue weighted by molar-refractivity contribution is 6.74. The summed E-state index contributed by atoms with van der Waals surface area (Å²) in [5.41, 5.74) is 1.15. The molecule has 234 valence electrons. The van der Waals surface area contributed by atoms with Crippen LogP contribution in [0.5, 0.6) is 5.75 Å². The average molecular weight is 621 g/mol. The highest BCUT2D eigenvalue weighted by atomic mass is 35.5. The van der Waals surface area contributed by atoms with Gasteiger partial charge in [-0.05, 0) is 70.8 Å². The van der Waals surface area contributed by atoms with Gasteiger partial charge in [0.05, 0.1) is 19.8 Å². The van der Waals surface area contributed by atoms with E-state index < -0.39 is 19.9 Å². The van der Waals surface area contributed by atoms with E-state index in [4.69, 9.17) is 35.2 Å². The lowest BCUT2D eigenvalue weighted by Gasteiger charge is -2.42. The number of ether oxygens (including phenoxy) is 3. The van der Waals surface area contributed by atoms with Crippen LogP contribution in [0.25, 0.3) is 11.4 Å². The van der Waals surface area contributed by atoms with Crippen LogP contribution in [0, 0.1) is 6.92 Å². The van der Waals surface area contributed by atoms with Gasteiger partial charge in [0.25, 0.3) is 0 Å². The number of hydrogen-bond donors (Lipinski definition) is 1. The Balaban J connectivity index is 1.84. The van der Waals surface area contributed by atoms with Crippen molar-refractivity contribution in [1.29, 1.82) is 0 Å². The van der Waals surface area contributed by atoms with Crippen molar-refractivity contribution in [2.75, 3.05) is 38.8 Å². The van der Waals surface area contributed by atoms with Gasteiger partial charge < -0.3 is 28.9 Å². The first-order valence-corrected chi connectivity index (χ1v) is 18.0. The zero-order valence-electron chi connectivity index (χ0n) is 27.0. The minimum atomic E-state index is -2.19. The lowest BCUT2D eigenvalue weighted by molar-refractivity contribution is 0.0338. The van der Waals surface area contributed by atoms with E-state index in [0.717, 1.165) is 43.0 Å². The Hall–Kier alpha value is -2.40. The van der Waals surface area contributed by atoms with Crippen LogP contribution in [0.2, 0.25) is 23.3 Å². The van der Waals surface area contributed by atoms with E-state index in [0.29, 0.717) is 23.3 Å². The molecular formula is C31H49ClN4O5Si. The molecular weight excluding hydrogens is 572 g/mol. The molecule has 0 saturated carbocycles. The topological polar surface area (TPSA) is 95.0 Å². The number of hydrogen-bond acceptors (Lipinski definition) is 8. The second-order valence-corrected chi connectivity index (χ2v) is 18.5. The van der Waals surface area contributed by atoms with Crippen molar-refractivity contribution in [2.45, 2.75) is 97.1 Å². The molecule has 0 aliphatic carbocycles. The highest BCUT2D eigenvalue weighted by Gasteiger charge is 2.41. The van der Waals surface area contributed by atoms with Crippen LogP contribution in [0.4, 0.5) is 10.6 Å². The molecule has 1 atom stereocenters. The Bertz CT molecular complexity index is 1210. The number of nitrogens with zero attached hydrogens (tertiary/aromatic N) is 3. The molecule has 9 nitrogen and oxygen atoms in total. The van der Waals surface area contributed by atoms with Gasteiger partial charge >= 0.3 is 6.09 Å². The third kappa shape index (κ3) is 9.05. The number of anilines is 1. The number of carbonyl (C=O) groups is 1. The number of carbonyl (C=O) groups excluding carboxylic acids is 1. The highest BCUT2D eigenvalue weighted by Crippen LogP contribution is 2.38. The summed E-state index contributed by atoms with van der Waals surface area (Å²) in [6, 6.07) is 7.93. The lowest BCUT2D eigenvalue weighted by atomic mass is 10.1. The van der Waals surface area contributed by atoms with Gasteiger partial charge in [0.15, 0.2) is 14.1 Å². The number of rotatable bonds is 10. The fraction of sp³-hybridized carbons (Fsp3) is 0.645. The van der Waals surface area contributed by atoms with Crippen LogP contribution >= 0.6 is 11.6 Å². The van der Waals surface area contributed by atoms with E-state index in [1.165, 1.54) is 7.11 Å². The normalized spacial score (nSPS) is 15.7. The van der Waals surface area contributed by atoms with E-state index in [2.05, 4.69) is 44.2 Å². The standard InChI is InChI=1S/C31H49ClN4O5Si/c1-21-26(32)34-28(35-27(21)33-23-14-16-39-17-15-23)22-12-11-13-24(18-22)40-20-25(41-42(9,10)31(5,6)7)19-36(29(37)38-8)30(2,3)4/h11-13,18,23,25H,14-17,19-20H2,1-10H3,(H,33,34,35). The van der Waals surface area contributed by atoms with Gasteiger partial charge in [-0.3, -0.25) is 0 Å². The maximum atomic E-state index is 12.7. The van der Waals surface area contributed by atoms with Gasteiger partial charge in [0.2, 0.25) is 0 Å². The third-order valence-corrected chi connectivity index (χ3v) is 12.9. The van der Waals surface area contributed by atoms with Crippen LogP contribution in [0.1, 0.15) is 59.9 Å². The molecule has 2 aromatic rings. The van der Waals surface area contributed by atoms with Crippen LogP contribution in [0.15, 0.2) is 24.3 Å². The summed E-state index contributed by atoms with van der Waals surface area (Å²) >= 11 is 6.55. The molecule has 1 fully saturated rings. The molecule has 1 aromatic carbocycles. The second kappa shape index (κ2) is 13.9. The van der Waals surface area contributed by atoms with Gasteiger partial charge in [-0.15, -0.1) is 0 Å². The molecule has 1 aliphatic rings. The third-order valence-electron chi connectivity index (χ3n) is 8.04. The molecule has 1 saturated heterocycles. The molecule has 1 unspecified atom stereocenters. The minimum Gasteiger partial charge on any atom is -0.491 e. The Morgan fingerprint density at radius 3 is 2.43 bits per heavy atom. The zero-order valence-corrected chi connectivity index (χ0v) is 28.7. The van der Waals surface area contributed by atoms with Crippen LogP contribution in [0.3, 0.4) is 0 Å². The molecule has 0 spiro atoms. The van der Waals surface area contributed by atoms with Crippen LogP contribution in [-0.2, 0) is 13.9 Å². The molecule has 1 aliphatic heterocycles. The molecule has 1 amide bonds. The van der Waals surface area contributed by atoms with Gasteiger partial charge in [-0.2, -0.15) is 0 Å². The van der Waals surface area contributed by atoms with E-state index in [1.54, 1.807) is 4.90 Å². The van der Waals surface area contributed by atoms with Crippen molar-refractivity contribution in [1.82, 2.24) is 14.9 Å². The monoisotopic (exact) mass is 620 g/mol. The van der Waals surface area contributed by atoms with Crippen molar-refractivity contribution in [3.8, 4) is 17.1 Å². The second-order valence-electron chi connectivity index (χ2n) is 13.4. The summed E-state index contributed by atoms with van der Waals surface area (Å²) in [7, 11) is -0.786. The summed E-state index contributed by atoms with van der Waals surface area (Å²) in [6.45, 7) is 20.9. The molecule has 3 rings (SSSR count). The summed E-state index contributed by atoms with van der Waals surface area (Å²) < 4.78 is 23.7. The van der Waals surface area contributed by atoms with Gasteiger partial charge in [-0.25, -0.2) is 14.8 Å². The maximum Gasteiger partial charge on any atom is 0.410 e. The molecule has 0 bridgehead atoms. The zero-order chi connectivity index (χ0) is 31.3. The Morgan fingerprint density at radius 2 is 1.83 bits per heavy atom. The summed E-state index contributed by atoms with van der Waals surface area (Å²) in [5.74, 6) is 1.90. The van der Waals surface area contributed by atoms with Crippen molar-refractivity contribution in [3.05, 3.63) is 35.0 Å². The van der Waals surface area contributed by atoms with Gasteiger partial charge in [0, 0.05) is 35.9 Å². The maximum absolute atomic E-state index is 12.7. The van der Waals surface area contributed by atoms with E-state index in [-0.39, 0.29) is 23.8 Å². The number of amides is 1. The number of nitrogens with one attached hydrogen (secondary N) is 1. The Morgan fingerprint density at radius 1 is 1.17 bits per heavy atom. The predicted molar refractivity (Wildman–Crippen MR) is 171 cm³/mol. The van der Waals surface area contributed by atoms with E-state index in [1.807, 2.05) is 52.0 Å². The summed E-state index contributed by atoms with van der Waals surface area (Å²) in [5, 5.41) is 3.93. The van der Waals surface area contributed by atoms with E-state index in [9.17, 15) is 4.79 Å². The van der Waals surface area contributed by atoms with Gasteiger partial charge in [0.1, 0.15) is 23.3 Å². The summed E-state index contributed by atoms with van der Waals surface area (Å²) in [6.07, 6.45) is 1.07. The number of aromatic nitrogens is 2. The van der Waals surface area contributed by atoms with Crippen molar-refractivity contribution < 1.29 is 23.4 Å². The predicted octanol–water partition coefficient (Wildman–Crippen LogP) is 7.33. The number of methoxy groups -OCH3 is 1. The van der Waals surface area contributed by atoms with Gasteiger partial charge in [-0.1, -0.05) is 44.5 Å². The van der Waals surface area contributed by atoms with Crippen LogP contribution < -0.4 is 10.1 Å². The first-order chi connectivity index (χ1) is 19.5. The minimum absolute atomic E-state index is 0.0125. The fourth-order valence-corrected chi connectivity index (χ4v) is 5.86. The first kappa shape index (κ1) is 34.1. The molecule has 11 heteroatoms. The van der Waals surface area contributed by atoms with Crippen LogP contribution in [-0.4, -0.2) is 80.4 Å². The molecule has 0 radical (unpaired) electrons. The summed E-state index contributed by atoms with van der Waals surface area (Å²) in [4.78, 5) is 23.8. The Kier molecular flexibility index (Phi) is 11.3. The fourth-order valence-electron chi connectivity index (χ4n) is 4.36. The Labute approximate surface area is 257 Å². The SMILES string of the molecule is COC(=O)N(CC(COc1cccc(-c2nc(Cl)c(C)c(NC3CCOCC3)n2)c1)O[Si](C)(C)C(C)(C)C)C(C)(C)C. The van der Waals surface area contributed by atoms with Crippen molar-refractivity contribution >= 4 is 31.8 Å². The molecule has 2 heterocycles. The smallest absolute Gasteiger partial charge is 0.410 e. The first-order valence-electron chi connectivity index (χ1n) is 14.7. The quantitative estimate of drug-likeness (QED) is 0.218.